The van der Waals surface area contributed by atoms with Crippen molar-refractivity contribution in [3.8, 4) is 6.07 Å². The fourth-order valence-corrected chi connectivity index (χ4v) is 2.40. The number of thioether (sulfide) groups is 1. The zero-order valence-electron chi connectivity index (χ0n) is 11.1. The topological polar surface area (TPSA) is 52.9 Å². The number of hydrogen-bond acceptors (Lipinski definition) is 3. The van der Waals surface area contributed by atoms with Crippen molar-refractivity contribution >= 4 is 17.7 Å². The average Bonchev–Trinajstić information content (AvgIpc) is 2.53. The van der Waals surface area contributed by atoms with Crippen LogP contribution < -0.4 is 5.32 Å². The molecule has 2 aromatic rings. The molecule has 1 N–H and O–H groups in total. The number of nitriles is 1. The molecular formula is C16H14N2OS. The standard InChI is InChI=1S/C16H14N2OS/c1-20-15-5-3-2-4-14(15)16(19)18-11-13-8-6-12(10-17)7-9-13/h2-9H,11H2,1H3,(H,18,19). The molecule has 0 atom stereocenters. The molecule has 0 spiro atoms. The molecule has 0 saturated heterocycles. The number of amides is 1. The maximum absolute atomic E-state index is 12.1. The second-order valence-electron chi connectivity index (χ2n) is 4.19. The molecule has 2 rings (SSSR count). The van der Waals surface area contributed by atoms with E-state index in [0.717, 1.165) is 10.5 Å². The minimum atomic E-state index is -0.0840. The van der Waals surface area contributed by atoms with Crippen LogP contribution in [0.15, 0.2) is 53.4 Å². The first-order valence-corrected chi connectivity index (χ1v) is 7.37. The van der Waals surface area contributed by atoms with Crippen LogP contribution in [0.2, 0.25) is 0 Å². The number of benzene rings is 2. The van der Waals surface area contributed by atoms with Gasteiger partial charge in [-0.15, -0.1) is 11.8 Å². The first-order valence-electron chi connectivity index (χ1n) is 6.15. The van der Waals surface area contributed by atoms with E-state index in [9.17, 15) is 4.79 Å². The van der Waals surface area contributed by atoms with Gasteiger partial charge in [0.1, 0.15) is 0 Å². The number of nitrogens with zero attached hydrogens (tertiary/aromatic N) is 1. The molecule has 0 bridgehead atoms. The molecular weight excluding hydrogens is 268 g/mol. The smallest absolute Gasteiger partial charge is 0.252 e. The Morgan fingerprint density at radius 2 is 1.90 bits per heavy atom. The third-order valence-corrected chi connectivity index (χ3v) is 3.68. The Morgan fingerprint density at radius 3 is 2.55 bits per heavy atom. The van der Waals surface area contributed by atoms with Crippen LogP contribution in [0.25, 0.3) is 0 Å². The summed E-state index contributed by atoms with van der Waals surface area (Å²) in [7, 11) is 0. The van der Waals surface area contributed by atoms with E-state index in [1.165, 1.54) is 0 Å². The molecule has 0 heterocycles. The molecule has 0 radical (unpaired) electrons. The third-order valence-electron chi connectivity index (χ3n) is 2.89. The van der Waals surface area contributed by atoms with Gasteiger partial charge in [0.25, 0.3) is 5.91 Å². The molecule has 4 heteroatoms. The van der Waals surface area contributed by atoms with E-state index in [2.05, 4.69) is 11.4 Å². The Balaban J connectivity index is 2.03. The number of carbonyl (C=O) groups excluding carboxylic acids is 1. The second-order valence-corrected chi connectivity index (χ2v) is 5.04. The molecule has 100 valence electrons. The first kappa shape index (κ1) is 14.2. The average molecular weight is 282 g/mol. The minimum Gasteiger partial charge on any atom is -0.348 e. The number of nitrogens with one attached hydrogen (secondary N) is 1. The van der Waals surface area contributed by atoms with Crippen LogP contribution >= 0.6 is 11.8 Å². The summed E-state index contributed by atoms with van der Waals surface area (Å²) >= 11 is 1.55. The number of carbonyl (C=O) groups is 1. The molecule has 0 fully saturated rings. The highest BCUT2D eigenvalue weighted by Crippen LogP contribution is 2.19. The van der Waals surface area contributed by atoms with Crippen molar-refractivity contribution in [1.82, 2.24) is 5.32 Å². The Labute approximate surface area is 122 Å². The van der Waals surface area contributed by atoms with Crippen molar-refractivity contribution in [3.05, 3.63) is 65.2 Å². The Bertz CT molecular complexity index is 644. The largest absolute Gasteiger partial charge is 0.348 e. The molecule has 0 aliphatic rings. The molecule has 0 saturated carbocycles. The van der Waals surface area contributed by atoms with Gasteiger partial charge in [-0.05, 0) is 36.1 Å². The van der Waals surface area contributed by atoms with Gasteiger partial charge in [0.2, 0.25) is 0 Å². The monoisotopic (exact) mass is 282 g/mol. The van der Waals surface area contributed by atoms with Gasteiger partial charge in [0, 0.05) is 11.4 Å². The Hall–Kier alpha value is -2.25. The van der Waals surface area contributed by atoms with Crippen LogP contribution in [0.5, 0.6) is 0 Å². The van der Waals surface area contributed by atoms with Gasteiger partial charge in [0.05, 0.1) is 17.2 Å². The maximum atomic E-state index is 12.1. The van der Waals surface area contributed by atoms with Crippen LogP contribution in [-0.2, 0) is 6.54 Å². The summed E-state index contributed by atoms with van der Waals surface area (Å²) in [5, 5.41) is 11.6. The highest BCUT2D eigenvalue weighted by molar-refractivity contribution is 7.98. The summed E-state index contributed by atoms with van der Waals surface area (Å²) in [5.74, 6) is -0.0840. The van der Waals surface area contributed by atoms with Crippen molar-refractivity contribution in [2.75, 3.05) is 6.26 Å². The SMILES string of the molecule is CSc1ccccc1C(=O)NCc1ccc(C#N)cc1. The summed E-state index contributed by atoms with van der Waals surface area (Å²) in [4.78, 5) is 13.1. The van der Waals surface area contributed by atoms with Crippen molar-refractivity contribution in [2.45, 2.75) is 11.4 Å². The molecule has 0 aliphatic heterocycles. The lowest BCUT2D eigenvalue weighted by Gasteiger charge is -2.08. The summed E-state index contributed by atoms with van der Waals surface area (Å²) in [6.07, 6.45) is 1.95. The van der Waals surface area contributed by atoms with Crippen molar-refractivity contribution in [2.24, 2.45) is 0 Å². The summed E-state index contributed by atoms with van der Waals surface area (Å²) < 4.78 is 0. The van der Waals surface area contributed by atoms with Crippen LogP contribution in [0.3, 0.4) is 0 Å². The van der Waals surface area contributed by atoms with Crippen molar-refractivity contribution < 1.29 is 4.79 Å². The zero-order valence-corrected chi connectivity index (χ0v) is 11.9. The highest BCUT2D eigenvalue weighted by atomic mass is 32.2. The maximum Gasteiger partial charge on any atom is 0.252 e. The zero-order chi connectivity index (χ0) is 14.4. The normalized spacial score (nSPS) is 9.80. The van der Waals surface area contributed by atoms with Gasteiger partial charge in [-0.3, -0.25) is 4.79 Å². The van der Waals surface area contributed by atoms with Gasteiger partial charge in [-0.2, -0.15) is 5.26 Å². The highest BCUT2D eigenvalue weighted by Gasteiger charge is 2.09. The predicted molar refractivity (Wildman–Crippen MR) is 80.6 cm³/mol. The molecule has 0 aliphatic carbocycles. The van der Waals surface area contributed by atoms with Gasteiger partial charge < -0.3 is 5.32 Å². The number of hydrogen-bond donors (Lipinski definition) is 1. The van der Waals surface area contributed by atoms with E-state index in [1.807, 2.05) is 42.7 Å². The lowest BCUT2D eigenvalue weighted by Crippen LogP contribution is -2.23. The van der Waals surface area contributed by atoms with Crippen molar-refractivity contribution in [3.63, 3.8) is 0 Å². The van der Waals surface area contributed by atoms with Gasteiger partial charge in [-0.1, -0.05) is 24.3 Å². The lowest BCUT2D eigenvalue weighted by molar-refractivity contribution is 0.0948. The Morgan fingerprint density at radius 1 is 1.20 bits per heavy atom. The molecule has 20 heavy (non-hydrogen) atoms. The summed E-state index contributed by atoms with van der Waals surface area (Å²) in [6.45, 7) is 0.452. The lowest BCUT2D eigenvalue weighted by atomic mass is 10.1. The summed E-state index contributed by atoms with van der Waals surface area (Å²) in [6, 6.07) is 16.8. The van der Waals surface area contributed by atoms with Gasteiger partial charge in [-0.25, -0.2) is 0 Å². The Kier molecular flexibility index (Phi) is 4.80. The molecule has 2 aromatic carbocycles. The van der Waals surface area contributed by atoms with E-state index in [1.54, 1.807) is 23.9 Å². The molecule has 1 amide bonds. The van der Waals surface area contributed by atoms with Crippen LogP contribution in [0.1, 0.15) is 21.5 Å². The van der Waals surface area contributed by atoms with E-state index < -0.39 is 0 Å². The number of rotatable bonds is 4. The second kappa shape index (κ2) is 6.78. The van der Waals surface area contributed by atoms with Crippen LogP contribution in [0.4, 0.5) is 0 Å². The molecule has 0 unspecified atom stereocenters. The predicted octanol–water partition coefficient (Wildman–Crippen LogP) is 3.21. The molecule has 0 aromatic heterocycles. The summed E-state index contributed by atoms with van der Waals surface area (Å²) in [5.41, 5.74) is 2.28. The third kappa shape index (κ3) is 3.40. The fraction of sp³-hybridized carbons (Fsp3) is 0.125. The van der Waals surface area contributed by atoms with E-state index in [4.69, 9.17) is 5.26 Å². The molecule has 3 nitrogen and oxygen atoms in total. The first-order chi connectivity index (χ1) is 9.74. The van der Waals surface area contributed by atoms with Gasteiger partial charge in [0.15, 0.2) is 0 Å². The van der Waals surface area contributed by atoms with E-state index >= 15 is 0 Å². The van der Waals surface area contributed by atoms with E-state index in [-0.39, 0.29) is 5.91 Å². The van der Waals surface area contributed by atoms with Crippen LogP contribution in [0, 0.1) is 11.3 Å². The quantitative estimate of drug-likeness (QED) is 0.876. The van der Waals surface area contributed by atoms with Crippen LogP contribution in [-0.4, -0.2) is 12.2 Å². The van der Waals surface area contributed by atoms with E-state index in [0.29, 0.717) is 17.7 Å². The minimum absolute atomic E-state index is 0.0840. The van der Waals surface area contributed by atoms with Crippen molar-refractivity contribution in [1.29, 1.82) is 5.26 Å². The fourth-order valence-electron chi connectivity index (χ4n) is 1.81. The van der Waals surface area contributed by atoms with Gasteiger partial charge >= 0.3 is 0 Å².